The molecule has 2 N–H and O–H groups in total. The number of aliphatic carboxylic acids is 1. The molecule has 1 aliphatic heterocycles. The van der Waals surface area contributed by atoms with Crippen LogP contribution in [0, 0.1) is 5.92 Å². The number of carbonyl (C=O) groups is 1. The van der Waals surface area contributed by atoms with E-state index in [0.717, 1.165) is 11.4 Å². The monoisotopic (exact) mass is 198 g/mol. The number of hydrogen-bond donors (Lipinski definition) is 2. The number of thiazole rings is 1. The Bertz CT molecular complexity index is 299. The molecule has 1 aliphatic rings. The summed E-state index contributed by atoms with van der Waals surface area (Å²) >= 11 is 1.53. The predicted octanol–water partition coefficient (Wildman–Crippen LogP) is 0.531. The first-order chi connectivity index (χ1) is 6.29. The maximum Gasteiger partial charge on any atom is 0.308 e. The van der Waals surface area contributed by atoms with E-state index in [9.17, 15) is 4.79 Å². The second-order valence-corrected chi connectivity index (χ2v) is 4.03. The zero-order valence-corrected chi connectivity index (χ0v) is 7.75. The highest BCUT2D eigenvalue weighted by molar-refractivity contribution is 7.09. The molecule has 0 saturated carbocycles. The summed E-state index contributed by atoms with van der Waals surface area (Å²) in [5.41, 5.74) is 1.74. The lowest BCUT2D eigenvalue weighted by Gasteiger charge is -2.11. The quantitative estimate of drug-likeness (QED) is 0.727. The van der Waals surface area contributed by atoms with Crippen LogP contribution >= 0.6 is 11.3 Å². The second-order valence-electron chi connectivity index (χ2n) is 3.11. The van der Waals surface area contributed by atoms with Crippen LogP contribution in [0.2, 0.25) is 0 Å². The number of nitrogens with zero attached hydrogens (tertiary/aromatic N) is 1. The van der Waals surface area contributed by atoms with Crippen LogP contribution in [-0.2, 0) is 4.79 Å². The Morgan fingerprint density at radius 2 is 2.54 bits per heavy atom. The Balaban J connectivity index is 2.19. The third-order valence-electron chi connectivity index (χ3n) is 2.35. The lowest BCUT2D eigenvalue weighted by Crippen LogP contribution is -2.20. The van der Waals surface area contributed by atoms with E-state index in [0.29, 0.717) is 6.54 Å². The van der Waals surface area contributed by atoms with Gasteiger partial charge in [-0.2, -0.15) is 0 Å². The zero-order valence-electron chi connectivity index (χ0n) is 6.93. The molecule has 0 spiro atoms. The Hall–Kier alpha value is -0.940. The van der Waals surface area contributed by atoms with E-state index >= 15 is 0 Å². The standard InChI is InChI=1S/C8H10N2O2S/c11-8(12)6-2-9-1-5(6)7-3-10-4-13-7/h3-6,9H,1-2H2,(H,11,12). The van der Waals surface area contributed by atoms with Crippen molar-refractivity contribution < 1.29 is 9.90 Å². The summed E-state index contributed by atoms with van der Waals surface area (Å²) in [5, 5.41) is 12.0. The molecule has 1 saturated heterocycles. The van der Waals surface area contributed by atoms with E-state index in [-0.39, 0.29) is 11.8 Å². The average Bonchev–Trinajstić information content (AvgIpc) is 2.74. The fourth-order valence-electron chi connectivity index (χ4n) is 1.65. The van der Waals surface area contributed by atoms with Crippen molar-refractivity contribution in [3.63, 3.8) is 0 Å². The lowest BCUT2D eigenvalue weighted by molar-refractivity contribution is -0.141. The number of carboxylic acids is 1. The van der Waals surface area contributed by atoms with Gasteiger partial charge in [0.2, 0.25) is 0 Å². The average molecular weight is 198 g/mol. The van der Waals surface area contributed by atoms with E-state index in [1.165, 1.54) is 11.3 Å². The number of aromatic nitrogens is 1. The highest BCUT2D eigenvalue weighted by atomic mass is 32.1. The largest absolute Gasteiger partial charge is 0.481 e. The van der Waals surface area contributed by atoms with Gasteiger partial charge in [0.15, 0.2) is 0 Å². The normalized spacial score (nSPS) is 27.7. The van der Waals surface area contributed by atoms with Gasteiger partial charge in [0.25, 0.3) is 0 Å². The van der Waals surface area contributed by atoms with Crippen molar-refractivity contribution in [3.05, 3.63) is 16.6 Å². The molecule has 1 fully saturated rings. The highest BCUT2D eigenvalue weighted by Crippen LogP contribution is 2.30. The van der Waals surface area contributed by atoms with Crippen LogP contribution in [0.3, 0.4) is 0 Å². The summed E-state index contributed by atoms with van der Waals surface area (Å²) < 4.78 is 0. The Morgan fingerprint density at radius 3 is 3.15 bits per heavy atom. The molecular weight excluding hydrogens is 188 g/mol. The fourth-order valence-corrected chi connectivity index (χ4v) is 2.43. The smallest absolute Gasteiger partial charge is 0.308 e. The predicted molar refractivity (Wildman–Crippen MR) is 48.9 cm³/mol. The van der Waals surface area contributed by atoms with Crippen LogP contribution in [0.15, 0.2) is 11.7 Å². The highest BCUT2D eigenvalue weighted by Gasteiger charge is 2.34. The summed E-state index contributed by atoms with van der Waals surface area (Å²) in [5.74, 6) is -0.908. The van der Waals surface area contributed by atoms with Crippen molar-refractivity contribution in [3.8, 4) is 0 Å². The van der Waals surface area contributed by atoms with Gasteiger partial charge in [-0.25, -0.2) is 0 Å². The zero-order chi connectivity index (χ0) is 9.26. The Kier molecular flexibility index (Phi) is 2.28. The minimum atomic E-state index is -0.719. The first-order valence-electron chi connectivity index (χ1n) is 4.11. The maximum absolute atomic E-state index is 10.9. The molecule has 2 atom stereocenters. The van der Waals surface area contributed by atoms with Gasteiger partial charge in [0.1, 0.15) is 0 Å². The number of rotatable bonds is 2. The van der Waals surface area contributed by atoms with Gasteiger partial charge < -0.3 is 10.4 Å². The van der Waals surface area contributed by atoms with Crippen molar-refractivity contribution >= 4 is 17.3 Å². The van der Waals surface area contributed by atoms with Crippen LogP contribution in [0.4, 0.5) is 0 Å². The molecule has 5 heteroatoms. The van der Waals surface area contributed by atoms with Crippen molar-refractivity contribution in [2.75, 3.05) is 13.1 Å². The number of carboxylic acid groups (broad SMARTS) is 1. The molecule has 2 heterocycles. The first-order valence-corrected chi connectivity index (χ1v) is 4.99. The van der Waals surface area contributed by atoms with Crippen molar-refractivity contribution in [1.29, 1.82) is 0 Å². The van der Waals surface area contributed by atoms with Crippen LogP contribution in [0.5, 0.6) is 0 Å². The van der Waals surface area contributed by atoms with E-state index < -0.39 is 5.97 Å². The second kappa shape index (κ2) is 3.43. The van der Waals surface area contributed by atoms with Gasteiger partial charge in [-0.3, -0.25) is 9.78 Å². The SMILES string of the molecule is O=C(O)C1CNCC1c1cncs1. The summed E-state index contributed by atoms with van der Waals surface area (Å²) in [6, 6.07) is 0. The number of nitrogens with one attached hydrogen (secondary N) is 1. The van der Waals surface area contributed by atoms with Gasteiger partial charge in [-0.05, 0) is 0 Å². The molecule has 0 radical (unpaired) electrons. The minimum Gasteiger partial charge on any atom is -0.481 e. The van der Waals surface area contributed by atoms with Crippen LogP contribution < -0.4 is 5.32 Å². The lowest BCUT2D eigenvalue weighted by atomic mass is 9.95. The first kappa shape index (κ1) is 8.65. The molecule has 70 valence electrons. The van der Waals surface area contributed by atoms with Gasteiger partial charge in [0, 0.05) is 30.1 Å². The maximum atomic E-state index is 10.9. The molecule has 0 bridgehead atoms. The van der Waals surface area contributed by atoms with E-state index in [1.807, 2.05) is 0 Å². The summed E-state index contributed by atoms with van der Waals surface area (Å²) in [7, 11) is 0. The third kappa shape index (κ3) is 1.57. The molecule has 1 aromatic heterocycles. The molecule has 13 heavy (non-hydrogen) atoms. The summed E-state index contributed by atoms with van der Waals surface area (Å²) in [6.07, 6.45) is 1.76. The van der Waals surface area contributed by atoms with Gasteiger partial charge in [-0.1, -0.05) is 0 Å². The van der Waals surface area contributed by atoms with Crippen LogP contribution in [0.25, 0.3) is 0 Å². The van der Waals surface area contributed by atoms with E-state index in [2.05, 4.69) is 10.3 Å². The van der Waals surface area contributed by atoms with E-state index in [1.54, 1.807) is 11.7 Å². The molecular formula is C8H10N2O2S. The van der Waals surface area contributed by atoms with E-state index in [4.69, 9.17) is 5.11 Å². The van der Waals surface area contributed by atoms with Crippen LogP contribution in [0.1, 0.15) is 10.8 Å². The fraction of sp³-hybridized carbons (Fsp3) is 0.500. The molecule has 2 rings (SSSR count). The van der Waals surface area contributed by atoms with Crippen LogP contribution in [-0.4, -0.2) is 29.1 Å². The molecule has 4 nitrogen and oxygen atoms in total. The third-order valence-corrected chi connectivity index (χ3v) is 3.26. The molecule has 1 aromatic rings. The Morgan fingerprint density at radius 1 is 1.69 bits per heavy atom. The number of hydrogen-bond acceptors (Lipinski definition) is 4. The molecule has 0 aliphatic carbocycles. The summed E-state index contributed by atoms with van der Waals surface area (Å²) in [6.45, 7) is 1.32. The van der Waals surface area contributed by atoms with Crippen molar-refractivity contribution in [2.45, 2.75) is 5.92 Å². The van der Waals surface area contributed by atoms with Gasteiger partial charge in [0.05, 0.1) is 11.4 Å². The van der Waals surface area contributed by atoms with Gasteiger partial charge in [-0.15, -0.1) is 11.3 Å². The molecule has 0 aromatic carbocycles. The minimum absolute atomic E-state index is 0.102. The van der Waals surface area contributed by atoms with Gasteiger partial charge >= 0.3 is 5.97 Å². The molecule has 0 amide bonds. The topological polar surface area (TPSA) is 62.2 Å². The van der Waals surface area contributed by atoms with Crippen molar-refractivity contribution in [2.24, 2.45) is 5.92 Å². The van der Waals surface area contributed by atoms with Crippen molar-refractivity contribution in [1.82, 2.24) is 10.3 Å². The molecule has 2 unspecified atom stereocenters. The summed E-state index contributed by atoms with van der Waals surface area (Å²) in [4.78, 5) is 15.9. The Labute approximate surface area is 79.6 Å².